The summed E-state index contributed by atoms with van der Waals surface area (Å²) in [6, 6.07) is 8.70. The minimum Gasteiger partial charge on any atom is -0.352 e. The second-order valence-electron chi connectivity index (χ2n) is 6.17. The molecule has 5 nitrogen and oxygen atoms in total. The smallest absolute Gasteiger partial charge is 0.194 e. The number of hydrogen-bond donors (Lipinski definition) is 1. The van der Waals surface area contributed by atoms with E-state index in [4.69, 9.17) is 0 Å². The van der Waals surface area contributed by atoms with Crippen LogP contribution in [0, 0.1) is 6.92 Å². The van der Waals surface area contributed by atoms with E-state index in [0.29, 0.717) is 0 Å². The fourth-order valence-corrected chi connectivity index (χ4v) is 3.10. The highest BCUT2D eigenvalue weighted by Crippen LogP contribution is 2.10. The standard InChI is InChI=1S/C18H27N5S.HI/c1-14-21-17(13-24-14)12-23(5)18(19-2)20-10-15-6-8-16(9-7-15)11-22(3)4;/h6-9,13H,10-12H2,1-5H3,(H,19,20);1H. The van der Waals surface area contributed by atoms with Crippen molar-refractivity contribution in [1.82, 2.24) is 20.1 Å². The number of thiazole rings is 1. The van der Waals surface area contributed by atoms with Crippen LogP contribution in [0.3, 0.4) is 0 Å². The van der Waals surface area contributed by atoms with Crippen molar-refractivity contribution in [3.8, 4) is 0 Å². The topological polar surface area (TPSA) is 43.8 Å². The molecule has 138 valence electrons. The molecule has 1 aromatic heterocycles. The molecular weight excluding hydrogens is 445 g/mol. The molecule has 0 saturated carbocycles. The van der Waals surface area contributed by atoms with Crippen LogP contribution in [-0.4, -0.2) is 48.9 Å². The fourth-order valence-electron chi connectivity index (χ4n) is 2.49. The lowest BCUT2D eigenvalue weighted by Gasteiger charge is -2.21. The van der Waals surface area contributed by atoms with Gasteiger partial charge >= 0.3 is 0 Å². The fraction of sp³-hybridized carbons (Fsp3) is 0.444. The highest BCUT2D eigenvalue weighted by molar-refractivity contribution is 14.0. The van der Waals surface area contributed by atoms with E-state index < -0.39 is 0 Å². The first-order valence-electron chi connectivity index (χ1n) is 8.03. The predicted octanol–water partition coefficient (Wildman–Crippen LogP) is 3.34. The number of nitrogens with one attached hydrogen (secondary N) is 1. The maximum atomic E-state index is 4.51. The number of halogens is 1. The molecule has 7 heteroatoms. The van der Waals surface area contributed by atoms with Crippen LogP contribution in [-0.2, 0) is 19.6 Å². The zero-order chi connectivity index (χ0) is 17.5. The largest absolute Gasteiger partial charge is 0.352 e. The Morgan fingerprint density at radius 3 is 2.28 bits per heavy atom. The molecule has 0 aliphatic carbocycles. The highest BCUT2D eigenvalue weighted by atomic mass is 127. The van der Waals surface area contributed by atoms with E-state index in [2.05, 4.69) is 68.8 Å². The van der Waals surface area contributed by atoms with Crippen LogP contribution in [0.5, 0.6) is 0 Å². The summed E-state index contributed by atoms with van der Waals surface area (Å²) >= 11 is 1.68. The molecule has 25 heavy (non-hydrogen) atoms. The summed E-state index contributed by atoms with van der Waals surface area (Å²) in [5.41, 5.74) is 3.65. The summed E-state index contributed by atoms with van der Waals surface area (Å²) in [4.78, 5) is 13.1. The van der Waals surface area contributed by atoms with Gasteiger partial charge in [0.1, 0.15) is 0 Å². The Morgan fingerprint density at radius 1 is 1.12 bits per heavy atom. The molecule has 0 unspecified atom stereocenters. The van der Waals surface area contributed by atoms with Crippen molar-refractivity contribution in [1.29, 1.82) is 0 Å². The van der Waals surface area contributed by atoms with E-state index in [0.717, 1.165) is 36.3 Å². The Labute approximate surface area is 172 Å². The Hall–Kier alpha value is -1.19. The molecular formula is C18H28IN5S. The molecule has 0 bridgehead atoms. The normalized spacial score (nSPS) is 11.4. The summed E-state index contributed by atoms with van der Waals surface area (Å²) in [5, 5.41) is 6.61. The number of aryl methyl sites for hydroxylation is 1. The zero-order valence-corrected chi connectivity index (χ0v) is 18.8. The first-order valence-corrected chi connectivity index (χ1v) is 8.91. The Kier molecular flexibility index (Phi) is 9.37. The minimum atomic E-state index is 0. The van der Waals surface area contributed by atoms with E-state index >= 15 is 0 Å². The number of guanidine groups is 1. The maximum absolute atomic E-state index is 4.51. The third kappa shape index (κ3) is 7.29. The highest BCUT2D eigenvalue weighted by Gasteiger charge is 2.08. The van der Waals surface area contributed by atoms with Gasteiger partial charge in [0, 0.05) is 32.6 Å². The van der Waals surface area contributed by atoms with E-state index in [9.17, 15) is 0 Å². The van der Waals surface area contributed by atoms with Gasteiger partial charge in [0.15, 0.2) is 5.96 Å². The quantitative estimate of drug-likeness (QED) is 0.397. The molecule has 1 N–H and O–H groups in total. The van der Waals surface area contributed by atoms with Crippen molar-refractivity contribution in [3.63, 3.8) is 0 Å². The maximum Gasteiger partial charge on any atom is 0.194 e. The van der Waals surface area contributed by atoms with Gasteiger partial charge in [-0.2, -0.15) is 0 Å². The summed E-state index contributed by atoms with van der Waals surface area (Å²) in [5.74, 6) is 0.873. The first-order chi connectivity index (χ1) is 11.5. The second-order valence-corrected chi connectivity index (χ2v) is 7.23. The van der Waals surface area contributed by atoms with E-state index in [1.54, 1.807) is 11.3 Å². The Bertz CT molecular complexity index is 666. The summed E-state index contributed by atoms with van der Waals surface area (Å²) < 4.78 is 0. The van der Waals surface area contributed by atoms with Crippen LogP contribution in [0.1, 0.15) is 21.8 Å². The molecule has 0 atom stereocenters. The number of aromatic nitrogens is 1. The van der Waals surface area contributed by atoms with Crippen molar-refractivity contribution < 1.29 is 0 Å². The van der Waals surface area contributed by atoms with Crippen LogP contribution in [0.2, 0.25) is 0 Å². The van der Waals surface area contributed by atoms with Gasteiger partial charge in [-0.25, -0.2) is 4.98 Å². The van der Waals surface area contributed by atoms with Crippen LogP contribution in [0.4, 0.5) is 0 Å². The Morgan fingerprint density at radius 2 is 1.76 bits per heavy atom. The molecule has 0 spiro atoms. The van der Waals surface area contributed by atoms with Crippen molar-refractivity contribution in [3.05, 3.63) is 51.5 Å². The molecule has 0 fully saturated rings. The van der Waals surface area contributed by atoms with Gasteiger partial charge in [-0.3, -0.25) is 4.99 Å². The molecule has 2 rings (SSSR count). The lowest BCUT2D eigenvalue weighted by Crippen LogP contribution is -2.38. The van der Waals surface area contributed by atoms with E-state index in [1.165, 1.54) is 11.1 Å². The lowest BCUT2D eigenvalue weighted by atomic mass is 10.1. The van der Waals surface area contributed by atoms with Crippen LogP contribution in [0.15, 0.2) is 34.6 Å². The van der Waals surface area contributed by atoms with Crippen molar-refractivity contribution in [2.75, 3.05) is 28.2 Å². The molecule has 2 aromatic rings. The molecule has 0 radical (unpaired) electrons. The number of hydrogen-bond acceptors (Lipinski definition) is 4. The van der Waals surface area contributed by atoms with Crippen LogP contribution < -0.4 is 5.32 Å². The number of rotatable bonds is 6. The molecule has 1 aromatic carbocycles. The van der Waals surface area contributed by atoms with Gasteiger partial charge in [0.2, 0.25) is 0 Å². The van der Waals surface area contributed by atoms with Gasteiger partial charge in [-0.05, 0) is 32.1 Å². The van der Waals surface area contributed by atoms with E-state index in [1.807, 2.05) is 21.0 Å². The molecule has 1 heterocycles. The molecule has 0 amide bonds. The summed E-state index contributed by atoms with van der Waals surface area (Å²) in [6.07, 6.45) is 0. The summed E-state index contributed by atoms with van der Waals surface area (Å²) in [7, 11) is 8.01. The van der Waals surface area contributed by atoms with Crippen LogP contribution >= 0.6 is 35.3 Å². The SMILES string of the molecule is CN=C(NCc1ccc(CN(C)C)cc1)N(C)Cc1csc(C)n1.I. The number of aliphatic imine (C=N–C) groups is 1. The predicted molar refractivity (Wildman–Crippen MR) is 118 cm³/mol. The lowest BCUT2D eigenvalue weighted by molar-refractivity contribution is 0.402. The van der Waals surface area contributed by atoms with Gasteiger partial charge < -0.3 is 15.1 Å². The summed E-state index contributed by atoms with van der Waals surface area (Å²) in [6.45, 7) is 4.51. The third-order valence-corrected chi connectivity index (χ3v) is 4.43. The average molecular weight is 473 g/mol. The van der Waals surface area contributed by atoms with Gasteiger partial charge in [-0.1, -0.05) is 24.3 Å². The number of benzene rings is 1. The third-order valence-electron chi connectivity index (χ3n) is 3.61. The van der Waals surface area contributed by atoms with Crippen molar-refractivity contribution in [2.24, 2.45) is 4.99 Å². The van der Waals surface area contributed by atoms with Crippen molar-refractivity contribution >= 4 is 41.3 Å². The monoisotopic (exact) mass is 473 g/mol. The van der Waals surface area contributed by atoms with Gasteiger partial charge in [-0.15, -0.1) is 35.3 Å². The average Bonchev–Trinajstić information content (AvgIpc) is 2.94. The van der Waals surface area contributed by atoms with Crippen LogP contribution in [0.25, 0.3) is 0 Å². The second kappa shape index (κ2) is 10.7. The van der Waals surface area contributed by atoms with Crippen molar-refractivity contribution in [2.45, 2.75) is 26.6 Å². The van der Waals surface area contributed by atoms with Gasteiger partial charge in [0.25, 0.3) is 0 Å². The van der Waals surface area contributed by atoms with Gasteiger partial charge in [0.05, 0.1) is 17.2 Å². The molecule has 0 aliphatic rings. The molecule has 0 saturated heterocycles. The zero-order valence-electron chi connectivity index (χ0n) is 15.6. The molecule has 0 aliphatic heterocycles. The number of nitrogens with zero attached hydrogens (tertiary/aromatic N) is 4. The Balaban J connectivity index is 0.00000312. The first kappa shape index (κ1) is 21.9. The van der Waals surface area contributed by atoms with E-state index in [-0.39, 0.29) is 24.0 Å². The minimum absolute atomic E-state index is 0.